The van der Waals surface area contributed by atoms with Gasteiger partial charge in [-0.25, -0.2) is 0 Å². The van der Waals surface area contributed by atoms with E-state index in [1.807, 2.05) is 62.4 Å². The molecule has 6 nitrogen and oxygen atoms in total. The smallest absolute Gasteiger partial charge is 0.119 e. The maximum Gasteiger partial charge on any atom is 0.119 e. The van der Waals surface area contributed by atoms with Crippen molar-refractivity contribution in [2.45, 2.75) is 13.8 Å². The van der Waals surface area contributed by atoms with Crippen LogP contribution in [0.4, 0.5) is 22.7 Å². The van der Waals surface area contributed by atoms with Crippen molar-refractivity contribution in [1.82, 2.24) is 0 Å². The van der Waals surface area contributed by atoms with E-state index in [0.717, 1.165) is 17.1 Å². The number of methoxy groups -OCH3 is 1. The van der Waals surface area contributed by atoms with E-state index in [4.69, 9.17) is 4.74 Å². The van der Waals surface area contributed by atoms with Crippen LogP contribution >= 0.6 is 0 Å². The van der Waals surface area contributed by atoms with Crippen LogP contribution in [-0.2, 0) is 0 Å². The molecule has 3 aromatic rings. The molecule has 0 aliphatic rings. The summed E-state index contributed by atoms with van der Waals surface area (Å²) in [5, 5.41) is 25.8. The molecule has 27 heavy (non-hydrogen) atoms. The minimum atomic E-state index is 0.200. The van der Waals surface area contributed by atoms with Crippen LogP contribution in [-0.4, -0.2) is 12.2 Å². The second-order valence-corrected chi connectivity index (χ2v) is 5.13. The average molecular weight is 362 g/mol. The lowest BCUT2D eigenvalue weighted by Crippen LogP contribution is -1.79. The first-order valence-electron chi connectivity index (χ1n) is 8.59. The van der Waals surface area contributed by atoms with Gasteiger partial charge in [-0.3, -0.25) is 0 Å². The van der Waals surface area contributed by atoms with Crippen LogP contribution in [0.5, 0.6) is 11.5 Å². The molecule has 0 aromatic heterocycles. The summed E-state index contributed by atoms with van der Waals surface area (Å²) in [5.74, 6) is 0.979. The van der Waals surface area contributed by atoms with Gasteiger partial charge < -0.3 is 9.84 Å². The molecule has 1 N–H and O–H groups in total. The number of azo groups is 2. The van der Waals surface area contributed by atoms with Gasteiger partial charge in [-0.05, 0) is 72.8 Å². The first-order chi connectivity index (χ1) is 13.2. The van der Waals surface area contributed by atoms with Crippen LogP contribution in [0.2, 0.25) is 0 Å². The summed E-state index contributed by atoms with van der Waals surface area (Å²) in [5.41, 5.74) is 2.84. The average Bonchev–Trinajstić information content (AvgIpc) is 2.74. The second-order valence-electron chi connectivity index (χ2n) is 5.13. The summed E-state index contributed by atoms with van der Waals surface area (Å²) in [7, 11) is 1.62. The minimum Gasteiger partial charge on any atom is -0.508 e. The number of phenols is 1. The van der Waals surface area contributed by atoms with Gasteiger partial charge in [-0.2, -0.15) is 20.5 Å². The van der Waals surface area contributed by atoms with Gasteiger partial charge in [0.05, 0.1) is 29.9 Å². The van der Waals surface area contributed by atoms with Crippen LogP contribution in [0.25, 0.3) is 0 Å². The molecule has 0 heterocycles. The summed E-state index contributed by atoms with van der Waals surface area (Å²) in [4.78, 5) is 0. The van der Waals surface area contributed by atoms with Crippen molar-refractivity contribution in [1.29, 1.82) is 0 Å². The summed E-state index contributed by atoms with van der Waals surface area (Å²) < 4.78 is 5.10. The number of benzene rings is 3. The van der Waals surface area contributed by atoms with Crippen molar-refractivity contribution in [3.8, 4) is 11.5 Å². The third-order valence-corrected chi connectivity index (χ3v) is 3.33. The van der Waals surface area contributed by atoms with Crippen LogP contribution in [0.1, 0.15) is 13.8 Å². The number of aromatic hydroxyl groups is 1. The van der Waals surface area contributed by atoms with Gasteiger partial charge in [0.2, 0.25) is 0 Å². The third kappa shape index (κ3) is 6.36. The molecule has 0 aliphatic carbocycles. The van der Waals surface area contributed by atoms with Gasteiger partial charge in [0.25, 0.3) is 0 Å². The van der Waals surface area contributed by atoms with Gasteiger partial charge in [0.1, 0.15) is 11.5 Å². The Kier molecular flexibility index (Phi) is 7.66. The van der Waals surface area contributed by atoms with Crippen LogP contribution in [0.3, 0.4) is 0 Å². The highest BCUT2D eigenvalue weighted by molar-refractivity contribution is 5.48. The fourth-order valence-corrected chi connectivity index (χ4v) is 1.99. The normalized spacial score (nSPS) is 10.6. The lowest BCUT2D eigenvalue weighted by molar-refractivity contribution is 0.415. The zero-order valence-electron chi connectivity index (χ0n) is 15.6. The zero-order valence-corrected chi connectivity index (χ0v) is 15.6. The van der Waals surface area contributed by atoms with Crippen molar-refractivity contribution in [2.75, 3.05) is 7.11 Å². The molecular weight excluding hydrogens is 340 g/mol. The Balaban J connectivity index is 0.00000126. The maximum atomic E-state index is 9.23. The zero-order chi connectivity index (χ0) is 19.5. The summed E-state index contributed by atoms with van der Waals surface area (Å²) in [6.07, 6.45) is 0. The summed E-state index contributed by atoms with van der Waals surface area (Å²) in [6, 6.07) is 21.1. The second kappa shape index (κ2) is 10.5. The predicted molar refractivity (Wildman–Crippen MR) is 107 cm³/mol. The quantitative estimate of drug-likeness (QED) is 0.485. The van der Waals surface area contributed by atoms with Crippen LogP contribution in [0, 0.1) is 0 Å². The molecular formula is C21H22N4O2. The van der Waals surface area contributed by atoms with E-state index >= 15 is 0 Å². The molecule has 0 aliphatic heterocycles. The number of rotatable bonds is 5. The Morgan fingerprint density at radius 1 is 0.556 bits per heavy atom. The lowest BCUT2D eigenvalue weighted by Gasteiger charge is -1.98. The Hall–Kier alpha value is -3.54. The van der Waals surface area contributed by atoms with E-state index in [-0.39, 0.29) is 5.75 Å². The summed E-state index contributed by atoms with van der Waals surface area (Å²) in [6.45, 7) is 4.00. The lowest BCUT2D eigenvalue weighted by atomic mass is 10.3. The molecule has 0 spiro atoms. The molecule has 0 atom stereocenters. The molecule has 0 bridgehead atoms. The van der Waals surface area contributed by atoms with Gasteiger partial charge in [-0.1, -0.05) is 13.8 Å². The predicted octanol–water partition coefficient (Wildman–Crippen LogP) is 7.26. The van der Waals surface area contributed by atoms with E-state index in [1.165, 1.54) is 0 Å². The number of phenolic OH excluding ortho intramolecular Hbond substituents is 1. The highest BCUT2D eigenvalue weighted by Crippen LogP contribution is 2.24. The van der Waals surface area contributed by atoms with Crippen molar-refractivity contribution in [3.05, 3.63) is 72.8 Å². The number of nitrogens with zero attached hydrogens (tertiary/aromatic N) is 4. The minimum absolute atomic E-state index is 0.200. The van der Waals surface area contributed by atoms with E-state index in [0.29, 0.717) is 11.4 Å². The molecule has 6 heteroatoms. The summed E-state index contributed by atoms with van der Waals surface area (Å²) >= 11 is 0. The topological polar surface area (TPSA) is 78.9 Å². The standard InChI is InChI=1S/C19H16N4O2.C2H6/c1-25-19-12-8-17(9-13-19)23-21-15-4-2-14(3-5-15)20-22-16-6-10-18(24)11-7-16;1-2/h2-13,24H,1H3;1-2H3. The van der Waals surface area contributed by atoms with Crippen LogP contribution < -0.4 is 4.74 Å². The van der Waals surface area contributed by atoms with Crippen molar-refractivity contribution >= 4 is 22.7 Å². The monoisotopic (exact) mass is 362 g/mol. The number of ether oxygens (including phenoxy) is 1. The molecule has 0 radical (unpaired) electrons. The van der Waals surface area contributed by atoms with Crippen molar-refractivity contribution < 1.29 is 9.84 Å². The maximum absolute atomic E-state index is 9.23. The molecule has 0 saturated carbocycles. The number of hydrogen-bond acceptors (Lipinski definition) is 6. The first-order valence-corrected chi connectivity index (χ1v) is 8.59. The van der Waals surface area contributed by atoms with E-state index in [2.05, 4.69) is 20.5 Å². The Morgan fingerprint density at radius 3 is 1.19 bits per heavy atom. The van der Waals surface area contributed by atoms with Gasteiger partial charge in [0.15, 0.2) is 0 Å². The fourth-order valence-electron chi connectivity index (χ4n) is 1.99. The molecule has 138 valence electrons. The van der Waals surface area contributed by atoms with Gasteiger partial charge in [-0.15, -0.1) is 0 Å². The Labute approximate surface area is 158 Å². The van der Waals surface area contributed by atoms with E-state index in [9.17, 15) is 5.11 Å². The Bertz CT molecular complexity index is 872. The Morgan fingerprint density at radius 2 is 0.852 bits per heavy atom. The van der Waals surface area contributed by atoms with Crippen molar-refractivity contribution in [2.24, 2.45) is 20.5 Å². The first kappa shape index (κ1) is 19.8. The molecule has 0 fully saturated rings. The fraction of sp³-hybridized carbons (Fsp3) is 0.143. The number of hydrogen-bond donors (Lipinski definition) is 1. The van der Waals surface area contributed by atoms with Crippen LogP contribution in [0.15, 0.2) is 93.3 Å². The SMILES string of the molecule is CC.COc1ccc(N=Nc2ccc(N=Nc3ccc(O)cc3)cc2)cc1. The highest BCUT2D eigenvalue weighted by atomic mass is 16.5. The van der Waals surface area contributed by atoms with E-state index < -0.39 is 0 Å². The highest BCUT2D eigenvalue weighted by Gasteiger charge is 1.95. The third-order valence-electron chi connectivity index (χ3n) is 3.33. The van der Waals surface area contributed by atoms with E-state index in [1.54, 1.807) is 31.4 Å². The molecule has 0 amide bonds. The molecule has 0 unspecified atom stereocenters. The molecule has 0 saturated heterocycles. The van der Waals surface area contributed by atoms with Crippen molar-refractivity contribution in [3.63, 3.8) is 0 Å². The molecule has 3 aromatic carbocycles. The largest absolute Gasteiger partial charge is 0.508 e. The van der Waals surface area contributed by atoms with Gasteiger partial charge >= 0.3 is 0 Å². The molecule has 3 rings (SSSR count). The van der Waals surface area contributed by atoms with Gasteiger partial charge in [0, 0.05) is 0 Å².